The number of anilines is 1. The third kappa shape index (κ3) is 2.71. The normalized spacial score (nSPS) is 20.4. The van der Waals surface area contributed by atoms with Crippen LogP contribution in [0.15, 0.2) is 18.5 Å². The van der Waals surface area contributed by atoms with Crippen LogP contribution in [0.3, 0.4) is 0 Å². The first kappa shape index (κ1) is 11.4. The molecule has 2 heterocycles. The van der Waals surface area contributed by atoms with Crippen molar-refractivity contribution in [2.45, 2.75) is 25.3 Å². The lowest BCUT2D eigenvalue weighted by molar-refractivity contribution is -0.118. The van der Waals surface area contributed by atoms with E-state index in [1.54, 1.807) is 18.5 Å². The molecule has 0 bridgehead atoms. The third-order valence-corrected chi connectivity index (χ3v) is 2.98. The molecular weight excluding hydrogens is 226 g/mol. The van der Waals surface area contributed by atoms with Crippen LogP contribution in [0.2, 0.25) is 5.02 Å². The summed E-state index contributed by atoms with van der Waals surface area (Å²) < 4.78 is 0. The van der Waals surface area contributed by atoms with Crippen LogP contribution in [0.1, 0.15) is 19.3 Å². The first-order valence-electron chi connectivity index (χ1n) is 5.41. The van der Waals surface area contributed by atoms with E-state index >= 15 is 0 Å². The van der Waals surface area contributed by atoms with Gasteiger partial charge < -0.3 is 10.6 Å². The van der Waals surface area contributed by atoms with Crippen molar-refractivity contribution in [1.29, 1.82) is 0 Å². The van der Waals surface area contributed by atoms with Gasteiger partial charge >= 0.3 is 0 Å². The maximum atomic E-state index is 11.9. The second-order valence-electron chi connectivity index (χ2n) is 3.85. The van der Waals surface area contributed by atoms with Crippen molar-refractivity contribution in [2.24, 2.45) is 0 Å². The molecule has 1 atom stereocenters. The molecule has 0 saturated carbocycles. The Balaban J connectivity index is 1.99. The topological polar surface area (TPSA) is 54.0 Å². The number of halogens is 1. The second kappa shape index (κ2) is 5.27. The van der Waals surface area contributed by atoms with Crippen molar-refractivity contribution in [1.82, 2.24) is 10.3 Å². The van der Waals surface area contributed by atoms with Gasteiger partial charge in [0.25, 0.3) is 0 Å². The number of nitrogens with zero attached hydrogens (tertiary/aromatic N) is 1. The van der Waals surface area contributed by atoms with Crippen molar-refractivity contribution < 1.29 is 4.79 Å². The molecule has 1 aliphatic heterocycles. The van der Waals surface area contributed by atoms with Gasteiger partial charge in [0, 0.05) is 6.20 Å². The molecular formula is C11H14ClN3O. The molecule has 1 aliphatic rings. The van der Waals surface area contributed by atoms with E-state index < -0.39 is 0 Å². The standard InChI is InChI=1S/C11H14ClN3O/c12-8-4-6-13-7-10(8)15-11(16)9-3-1-2-5-14-9/h4,6-7,9,14H,1-3,5H2,(H,15,16). The van der Waals surface area contributed by atoms with Crippen molar-refractivity contribution in [3.63, 3.8) is 0 Å². The van der Waals surface area contributed by atoms with Gasteiger partial charge in [-0.05, 0) is 25.5 Å². The van der Waals surface area contributed by atoms with Crippen LogP contribution in [0.5, 0.6) is 0 Å². The van der Waals surface area contributed by atoms with Crippen LogP contribution < -0.4 is 10.6 Å². The van der Waals surface area contributed by atoms with E-state index in [1.165, 1.54) is 0 Å². The number of aromatic nitrogens is 1. The van der Waals surface area contributed by atoms with E-state index in [1.807, 2.05) is 0 Å². The fourth-order valence-corrected chi connectivity index (χ4v) is 1.92. The van der Waals surface area contributed by atoms with E-state index in [0.717, 1.165) is 25.8 Å². The lowest BCUT2D eigenvalue weighted by Gasteiger charge is -2.22. The van der Waals surface area contributed by atoms with Gasteiger partial charge in [0.1, 0.15) is 0 Å². The Morgan fingerprint density at radius 2 is 2.44 bits per heavy atom. The van der Waals surface area contributed by atoms with Gasteiger partial charge in [-0.1, -0.05) is 18.0 Å². The highest BCUT2D eigenvalue weighted by atomic mass is 35.5. The Morgan fingerprint density at radius 3 is 3.12 bits per heavy atom. The van der Waals surface area contributed by atoms with E-state index in [9.17, 15) is 4.79 Å². The van der Waals surface area contributed by atoms with Crippen LogP contribution in [0.4, 0.5) is 5.69 Å². The molecule has 0 aromatic carbocycles. The van der Waals surface area contributed by atoms with Crippen LogP contribution in [-0.4, -0.2) is 23.5 Å². The molecule has 0 spiro atoms. The van der Waals surface area contributed by atoms with Gasteiger partial charge in [-0.25, -0.2) is 0 Å². The molecule has 86 valence electrons. The number of amides is 1. The summed E-state index contributed by atoms with van der Waals surface area (Å²) in [5.41, 5.74) is 0.571. The Morgan fingerprint density at radius 1 is 1.56 bits per heavy atom. The molecule has 4 nitrogen and oxygen atoms in total. The zero-order valence-corrected chi connectivity index (χ0v) is 9.63. The summed E-state index contributed by atoms with van der Waals surface area (Å²) in [5, 5.41) is 6.48. The first-order chi connectivity index (χ1) is 7.77. The maximum absolute atomic E-state index is 11.9. The largest absolute Gasteiger partial charge is 0.322 e. The zero-order chi connectivity index (χ0) is 11.4. The Bertz CT molecular complexity index is 377. The molecule has 2 rings (SSSR count). The highest BCUT2D eigenvalue weighted by molar-refractivity contribution is 6.33. The van der Waals surface area contributed by atoms with Crippen molar-refractivity contribution in [2.75, 3.05) is 11.9 Å². The number of nitrogens with one attached hydrogen (secondary N) is 2. The summed E-state index contributed by atoms with van der Waals surface area (Å²) >= 11 is 5.93. The van der Waals surface area contributed by atoms with Gasteiger partial charge in [0.15, 0.2) is 0 Å². The molecule has 1 aromatic heterocycles. The molecule has 1 unspecified atom stereocenters. The minimum absolute atomic E-state index is 0.0328. The lowest BCUT2D eigenvalue weighted by atomic mass is 10.0. The smallest absolute Gasteiger partial charge is 0.241 e. The number of rotatable bonds is 2. The molecule has 2 N–H and O–H groups in total. The maximum Gasteiger partial charge on any atom is 0.241 e. The number of piperidine rings is 1. The predicted molar refractivity (Wildman–Crippen MR) is 63.5 cm³/mol. The number of carbonyl (C=O) groups is 1. The van der Waals surface area contributed by atoms with Crippen LogP contribution >= 0.6 is 11.6 Å². The highest BCUT2D eigenvalue weighted by Crippen LogP contribution is 2.20. The summed E-state index contributed by atoms with van der Waals surface area (Å²) in [6.07, 6.45) is 6.26. The highest BCUT2D eigenvalue weighted by Gasteiger charge is 2.20. The van der Waals surface area contributed by atoms with Crippen LogP contribution in [-0.2, 0) is 4.79 Å². The van der Waals surface area contributed by atoms with Crippen molar-refractivity contribution >= 4 is 23.2 Å². The number of carbonyl (C=O) groups excluding carboxylic acids is 1. The summed E-state index contributed by atoms with van der Waals surface area (Å²) in [4.78, 5) is 15.8. The molecule has 1 saturated heterocycles. The molecule has 1 amide bonds. The average Bonchev–Trinajstić information content (AvgIpc) is 2.33. The first-order valence-corrected chi connectivity index (χ1v) is 5.79. The van der Waals surface area contributed by atoms with Crippen molar-refractivity contribution in [3.05, 3.63) is 23.5 Å². The fourth-order valence-electron chi connectivity index (χ4n) is 1.76. The van der Waals surface area contributed by atoms with Gasteiger partial charge in [0.2, 0.25) is 5.91 Å². The molecule has 5 heteroatoms. The summed E-state index contributed by atoms with van der Waals surface area (Å²) in [7, 11) is 0. The average molecular weight is 240 g/mol. The minimum Gasteiger partial charge on any atom is -0.322 e. The predicted octanol–water partition coefficient (Wildman–Crippen LogP) is 1.82. The molecule has 0 radical (unpaired) electrons. The number of hydrogen-bond donors (Lipinski definition) is 2. The lowest BCUT2D eigenvalue weighted by Crippen LogP contribution is -2.43. The SMILES string of the molecule is O=C(Nc1cnccc1Cl)C1CCCCN1. The van der Waals surface area contributed by atoms with E-state index in [4.69, 9.17) is 11.6 Å². The summed E-state index contributed by atoms with van der Waals surface area (Å²) in [5.74, 6) is -0.0328. The Labute approximate surface area is 99.4 Å². The monoisotopic (exact) mass is 239 g/mol. The quantitative estimate of drug-likeness (QED) is 0.828. The van der Waals surface area contributed by atoms with Gasteiger partial charge in [-0.3, -0.25) is 9.78 Å². The van der Waals surface area contributed by atoms with Gasteiger partial charge in [-0.2, -0.15) is 0 Å². The van der Waals surface area contributed by atoms with Crippen LogP contribution in [0, 0.1) is 0 Å². The Kier molecular flexibility index (Phi) is 3.74. The summed E-state index contributed by atoms with van der Waals surface area (Å²) in [6, 6.07) is 1.55. The van der Waals surface area contributed by atoms with E-state index in [0.29, 0.717) is 10.7 Å². The number of pyridine rings is 1. The molecule has 1 aromatic rings. The van der Waals surface area contributed by atoms with Gasteiger partial charge in [0.05, 0.1) is 22.9 Å². The van der Waals surface area contributed by atoms with E-state index in [-0.39, 0.29) is 11.9 Å². The second-order valence-corrected chi connectivity index (χ2v) is 4.25. The molecule has 1 fully saturated rings. The molecule has 16 heavy (non-hydrogen) atoms. The fraction of sp³-hybridized carbons (Fsp3) is 0.455. The third-order valence-electron chi connectivity index (χ3n) is 2.65. The zero-order valence-electron chi connectivity index (χ0n) is 8.87. The molecule has 0 aliphatic carbocycles. The summed E-state index contributed by atoms with van der Waals surface area (Å²) in [6.45, 7) is 0.902. The van der Waals surface area contributed by atoms with Crippen molar-refractivity contribution in [3.8, 4) is 0 Å². The van der Waals surface area contributed by atoms with Crippen LogP contribution in [0.25, 0.3) is 0 Å². The van der Waals surface area contributed by atoms with Gasteiger partial charge in [-0.15, -0.1) is 0 Å². The minimum atomic E-state index is -0.106. The Hall–Kier alpha value is -1.13. The number of hydrogen-bond acceptors (Lipinski definition) is 3. The van der Waals surface area contributed by atoms with E-state index in [2.05, 4.69) is 15.6 Å².